The summed E-state index contributed by atoms with van der Waals surface area (Å²) in [4.78, 5) is 10.5. The Labute approximate surface area is 111 Å². The van der Waals surface area contributed by atoms with E-state index in [9.17, 15) is 10.1 Å². The van der Waals surface area contributed by atoms with E-state index in [1.807, 2.05) is 32.0 Å². The maximum Gasteiger partial charge on any atom is 0.249 e. The van der Waals surface area contributed by atoms with Crippen molar-refractivity contribution in [3.63, 3.8) is 0 Å². The first-order valence-corrected chi connectivity index (χ1v) is 6.31. The molecular weight excluding hydrogens is 338 g/mol. The van der Waals surface area contributed by atoms with Gasteiger partial charge in [-0.2, -0.15) is 0 Å². The molecule has 1 rings (SSSR count). The van der Waals surface area contributed by atoms with Gasteiger partial charge < -0.3 is 0 Å². The Bertz CT molecular complexity index is 442. The lowest BCUT2D eigenvalue weighted by Crippen LogP contribution is -2.05. The molecule has 0 radical (unpaired) electrons. The van der Waals surface area contributed by atoms with Crippen LogP contribution in [0.25, 0.3) is 6.08 Å². The van der Waals surface area contributed by atoms with Crippen LogP contribution in [-0.4, -0.2) is 4.92 Å². The zero-order chi connectivity index (χ0) is 12.3. The molecule has 0 saturated carbocycles. The monoisotopic (exact) mass is 347 g/mol. The molecule has 3 nitrogen and oxygen atoms in total. The second kappa shape index (κ2) is 5.59. The molecule has 0 bridgehead atoms. The fourth-order valence-electron chi connectivity index (χ4n) is 1.20. The van der Waals surface area contributed by atoms with Crippen LogP contribution in [0.4, 0.5) is 0 Å². The van der Waals surface area contributed by atoms with Crippen molar-refractivity contribution in [2.24, 2.45) is 5.92 Å². The van der Waals surface area contributed by atoms with Gasteiger partial charge in [0.1, 0.15) is 0 Å². The van der Waals surface area contributed by atoms with Crippen LogP contribution < -0.4 is 0 Å². The highest BCUT2D eigenvalue weighted by molar-refractivity contribution is 9.13. The molecule has 0 aromatic heterocycles. The highest BCUT2D eigenvalue weighted by atomic mass is 79.9. The van der Waals surface area contributed by atoms with Gasteiger partial charge in [0.05, 0.1) is 4.92 Å². The van der Waals surface area contributed by atoms with E-state index in [1.54, 1.807) is 6.08 Å². The Morgan fingerprint density at radius 1 is 1.38 bits per heavy atom. The topological polar surface area (TPSA) is 43.1 Å². The first-order chi connectivity index (χ1) is 7.41. The van der Waals surface area contributed by atoms with Crippen LogP contribution in [0.1, 0.15) is 19.4 Å². The number of nitro groups is 1. The van der Waals surface area contributed by atoms with E-state index >= 15 is 0 Å². The van der Waals surface area contributed by atoms with E-state index in [2.05, 4.69) is 31.9 Å². The van der Waals surface area contributed by atoms with E-state index in [-0.39, 0.29) is 16.5 Å². The fraction of sp³-hybridized carbons (Fsp3) is 0.273. The number of nitrogens with zero attached hydrogens (tertiary/aromatic N) is 1. The van der Waals surface area contributed by atoms with Gasteiger partial charge in [-0.1, -0.05) is 19.9 Å². The minimum Gasteiger partial charge on any atom is -0.259 e. The molecule has 86 valence electrons. The average Bonchev–Trinajstić information content (AvgIpc) is 2.18. The molecular formula is C11H11Br2NO2. The third-order valence-corrected chi connectivity index (χ3v) is 3.94. The Kier molecular flexibility index (Phi) is 4.68. The molecule has 0 fully saturated rings. The van der Waals surface area contributed by atoms with Gasteiger partial charge in [-0.15, -0.1) is 0 Å². The predicted molar refractivity (Wildman–Crippen MR) is 71.7 cm³/mol. The lowest BCUT2D eigenvalue weighted by Gasteiger charge is -2.03. The summed E-state index contributed by atoms with van der Waals surface area (Å²) in [6.45, 7) is 3.62. The fourth-order valence-corrected chi connectivity index (χ4v) is 1.85. The minimum absolute atomic E-state index is 0.0996. The summed E-state index contributed by atoms with van der Waals surface area (Å²) in [5, 5.41) is 10.8. The van der Waals surface area contributed by atoms with Crippen molar-refractivity contribution in [1.82, 2.24) is 0 Å². The summed E-state index contributed by atoms with van der Waals surface area (Å²) in [6, 6.07) is 5.53. The van der Waals surface area contributed by atoms with E-state index in [1.165, 1.54) is 0 Å². The van der Waals surface area contributed by atoms with E-state index in [0.717, 1.165) is 14.5 Å². The van der Waals surface area contributed by atoms with Gasteiger partial charge in [0, 0.05) is 20.9 Å². The molecule has 0 spiro atoms. The molecule has 5 heteroatoms. The molecule has 0 aliphatic heterocycles. The van der Waals surface area contributed by atoms with E-state index in [4.69, 9.17) is 0 Å². The van der Waals surface area contributed by atoms with Gasteiger partial charge in [0.25, 0.3) is 0 Å². The van der Waals surface area contributed by atoms with Gasteiger partial charge in [-0.25, -0.2) is 0 Å². The van der Waals surface area contributed by atoms with Crippen LogP contribution in [0.15, 0.2) is 32.8 Å². The number of rotatable bonds is 3. The van der Waals surface area contributed by atoms with Crippen molar-refractivity contribution < 1.29 is 4.92 Å². The van der Waals surface area contributed by atoms with Crippen LogP contribution in [0.2, 0.25) is 0 Å². The molecule has 0 saturated heterocycles. The van der Waals surface area contributed by atoms with Crippen molar-refractivity contribution in [3.05, 3.63) is 48.5 Å². The number of hydrogen-bond donors (Lipinski definition) is 0. The van der Waals surface area contributed by atoms with Gasteiger partial charge in [-0.05, 0) is 49.6 Å². The Morgan fingerprint density at radius 2 is 2.00 bits per heavy atom. The molecule has 0 aliphatic rings. The lowest BCUT2D eigenvalue weighted by atomic mass is 10.1. The second-order valence-electron chi connectivity index (χ2n) is 3.65. The predicted octanol–water partition coefficient (Wildman–Crippen LogP) is 4.49. The van der Waals surface area contributed by atoms with Crippen LogP contribution in [-0.2, 0) is 0 Å². The molecule has 0 N–H and O–H groups in total. The zero-order valence-corrected chi connectivity index (χ0v) is 12.1. The molecule has 1 aromatic carbocycles. The van der Waals surface area contributed by atoms with Gasteiger partial charge >= 0.3 is 0 Å². The van der Waals surface area contributed by atoms with Crippen molar-refractivity contribution in [3.8, 4) is 0 Å². The van der Waals surface area contributed by atoms with Crippen molar-refractivity contribution >= 4 is 37.9 Å². The summed E-state index contributed by atoms with van der Waals surface area (Å²) in [5.41, 5.74) is 1.03. The minimum atomic E-state index is -0.333. The normalized spacial score (nSPS) is 11.9. The third kappa shape index (κ3) is 3.42. The molecule has 0 amide bonds. The first-order valence-electron chi connectivity index (χ1n) is 4.73. The first kappa shape index (κ1) is 13.4. The highest BCUT2D eigenvalue weighted by Gasteiger charge is 2.15. The smallest absolute Gasteiger partial charge is 0.249 e. The van der Waals surface area contributed by atoms with Crippen LogP contribution in [0.5, 0.6) is 0 Å². The summed E-state index contributed by atoms with van der Waals surface area (Å²) < 4.78 is 1.81. The Balaban J connectivity index is 3.13. The lowest BCUT2D eigenvalue weighted by molar-refractivity contribution is -0.431. The Hall–Kier alpha value is -0.680. The van der Waals surface area contributed by atoms with E-state index < -0.39 is 0 Å². The van der Waals surface area contributed by atoms with Crippen LogP contribution in [0, 0.1) is 16.0 Å². The average molecular weight is 349 g/mol. The summed E-state index contributed by atoms with van der Waals surface area (Å²) in [7, 11) is 0. The summed E-state index contributed by atoms with van der Waals surface area (Å²) >= 11 is 6.72. The standard InChI is InChI=1S/C11H11Br2NO2/c1-7(2)11(14(15)16)6-8-3-4-9(12)10(13)5-8/h3-7H,1-2H3/b11-6-. The second-order valence-corrected chi connectivity index (χ2v) is 5.36. The molecule has 16 heavy (non-hydrogen) atoms. The van der Waals surface area contributed by atoms with Crippen molar-refractivity contribution in [2.75, 3.05) is 0 Å². The van der Waals surface area contributed by atoms with E-state index in [0.29, 0.717) is 0 Å². The Morgan fingerprint density at radius 3 is 2.44 bits per heavy atom. The number of allylic oxidation sites excluding steroid dienone is 1. The SMILES string of the molecule is CC(C)/C(=C/c1ccc(Br)c(Br)c1)[N+](=O)[O-]. The molecule has 0 atom stereocenters. The van der Waals surface area contributed by atoms with Crippen LogP contribution in [0.3, 0.4) is 0 Å². The third-order valence-electron chi connectivity index (χ3n) is 2.06. The molecule has 0 aliphatic carbocycles. The van der Waals surface area contributed by atoms with Gasteiger partial charge in [0.2, 0.25) is 5.70 Å². The molecule has 0 unspecified atom stereocenters. The number of halogens is 2. The largest absolute Gasteiger partial charge is 0.259 e. The number of benzene rings is 1. The summed E-state index contributed by atoms with van der Waals surface area (Å²) in [6.07, 6.45) is 1.60. The quantitative estimate of drug-likeness (QED) is 0.596. The number of hydrogen-bond acceptors (Lipinski definition) is 2. The van der Waals surface area contributed by atoms with Gasteiger partial charge in [-0.3, -0.25) is 10.1 Å². The van der Waals surface area contributed by atoms with Crippen molar-refractivity contribution in [1.29, 1.82) is 0 Å². The highest BCUT2D eigenvalue weighted by Crippen LogP contribution is 2.25. The molecule has 1 aromatic rings. The maximum atomic E-state index is 10.8. The van der Waals surface area contributed by atoms with Crippen LogP contribution >= 0.6 is 31.9 Å². The maximum absolute atomic E-state index is 10.8. The van der Waals surface area contributed by atoms with Gasteiger partial charge in [0.15, 0.2) is 0 Å². The molecule has 0 heterocycles. The zero-order valence-electron chi connectivity index (χ0n) is 8.91. The van der Waals surface area contributed by atoms with Crippen molar-refractivity contribution in [2.45, 2.75) is 13.8 Å². The summed E-state index contributed by atoms with van der Waals surface area (Å²) in [5.74, 6) is -0.0996.